The molecule has 0 unspecified atom stereocenters. The van der Waals surface area contributed by atoms with Crippen LogP contribution in [0.2, 0.25) is 5.02 Å². The molecule has 108 valence electrons. The number of nitrogens with zero attached hydrogens (tertiary/aromatic N) is 4. The van der Waals surface area contributed by atoms with Crippen molar-refractivity contribution >= 4 is 17.3 Å². The first-order valence-corrected chi connectivity index (χ1v) is 7.06. The van der Waals surface area contributed by atoms with Crippen molar-refractivity contribution in [1.82, 2.24) is 15.4 Å². The van der Waals surface area contributed by atoms with Crippen LogP contribution in [0.3, 0.4) is 0 Å². The van der Waals surface area contributed by atoms with Crippen LogP contribution < -0.4 is 4.90 Å². The fourth-order valence-corrected chi connectivity index (χ4v) is 2.74. The van der Waals surface area contributed by atoms with Gasteiger partial charge in [-0.15, -0.1) is 5.10 Å². The molecule has 0 amide bonds. The standard InChI is InChI=1S/C14H13ClFN5/c15-10-5-9(14-13(8-17)18-20-19-14)6-12(7-10)21-3-1-11(16)2-4-21/h5-7,11H,1-4H2,(H,18,19,20). The van der Waals surface area contributed by atoms with E-state index in [4.69, 9.17) is 16.9 Å². The quantitative estimate of drug-likeness (QED) is 0.926. The second-order valence-corrected chi connectivity index (χ2v) is 5.44. The molecule has 1 aliphatic heterocycles. The Hall–Kier alpha value is -2.13. The summed E-state index contributed by atoms with van der Waals surface area (Å²) >= 11 is 6.17. The smallest absolute Gasteiger partial charge is 0.163 e. The topological polar surface area (TPSA) is 68.6 Å². The molecule has 0 saturated carbocycles. The Bertz CT molecular complexity index is 685. The van der Waals surface area contributed by atoms with E-state index >= 15 is 0 Å². The van der Waals surface area contributed by atoms with E-state index in [9.17, 15) is 4.39 Å². The molecule has 3 rings (SSSR count). The Morgan fingerprint density at radius 1 is 1.33 bits per heavy atom. The minimum absolute atomic E-state index is 0.297. The summed E-state index contributed by atoms with van der Waals surface area (Å²) in [5.74, 6) is 0. The highest BCUT2D eigenvalue weighted by atomic mass is 35.5. The largest absolute Gasteiger partial charge is 0.371 e. The van der Waals surface area contributed by atoms with Crippen LogP contribution in [0.1, 0.15) is 18.5 Å². The van der Waals surface area contributed by atoms with E-state index in [1.165, 1.54) is 0 Å². The predicted octanol–water partition coefficient (Wildman–Crippen LogP) is 2.94. The van der Waals surface area contributed by atoms with Crippen molar-refractivity contribution in [3.63, 3.8) is 0 Å². The fraction of sp³-hybridized carbons (Fsp3) is 0.357. The molecule has 1 N–H and O–H groups in total. The summed E-state index contributed by atoms with van der Waals surface area (Å²) in [6.45, 7) is 1.32. The van der Waals surface area contributed by atoms with E-state index in [1.807, 2.05) is 18.2 Å². The minimum atomic E-state index is -0.722. The third-order valence-electron chi connectivity index (χ3n) is 3.61. The zero-order valence-electron chi connectivity index (χ0n) is 11.2. The molecular weight excluding hydrogens is 293 g/mol. The van der Waals surface area contributed by atoms with Crippen molar-refractivity contribution in [2.75, 3.05) is 18.0 Å². The van der Waals surface area contributed by atoms with Crippen LogP contribution in [-0.4, -0.2) is 34.7 Å². The molecule has 0 aliphatic carbocycles. The Kier molecular flexibility index (Phi) is 3.76. The van der Waals surface area contributed by atoms with Gasteiger partial charge in [0.2, 0.25) is 0 Å². The molecule has 7 heteroatoms. The molecule has 0 radical (unpaired) electrons. The van der Waals surface area contributed by atoms with E-state index in [2.05, 4.69) is 20.3 Å². The first kappa shape index (κ1) is 13.8. The third-order valence-corrected chi connectivity index (χ3v) is 3.82. The number of hydrogen-bond donors (Lipinski definition) is 1. The van der Waals surface area contributed by atoms with Crippen LogP contribution in [0.15, 0.2) is 18.2 Å². The maximum Gasteiger partial charge on any atom is 0.163 e. The van der Waals surface area contributed by atoms with Gasteiger partial charge in [0.25, 0.3) is 0 Å². The van der Waals surface area contributed by atoms with Crippen molar-refractivity contribution in [3.8, 4) is 17.3 Å². The van der Waals surface area contributed by atoms with Crippen LogP contribution in [0, 0.1) is 11.3 Å². The van der Waals surface area contributed by atoms with E-state index in [0.717, 1.165) is 11.3 Å². The summed E-state index contributed by atoms with van der Waals surface area (Å²) in [5.41, 5.74) is 2.41. The molecule has 0 bridgehead atoms. The van der Waals surface area contributed by atoms with Crippen molar-refractivity contribution in [3.05, 3.63) is 28.9 Å². The highest BCUT2D eigenvalue weighted by molar-refractivity contribution is 6.31. The maximum absolute atomic E-state index is 13.2. The molecule has 2 aromatic rings. The number of piperidine rings is 1. The van der Waals surface area contributed by atoms with Crippen LogP contribution in [0.5, 0.6) is 0 Å². The van der Waals surface area contributed by atoms with Gasteiger partial charge in [0.15, 0.2) is 5.69 Å². The van der Waals surface area contributed by atoms with Gasteiger partial charge in [-0.05, 0) is 31.0 Å². The summed E-state index contributed by atoms with van der Waals surface area (Å²) in [7, 11) is 0. The molecule has 1 saturated heterocycles. The van der Waals surface area contributed by atoms with Crippen LogP contribution in [-0.2, 0) is 0 Å². The van der Waals surface area contributed by atoms with E-state index in [0.29, 0.717) is 42.3 Å². The molecule has 1 fully saturated rings. The monoisotopic (exact) mass is 305 g/mol. The number of rotatable bonds is 2. The average Bonchev–Trinajstić information content (AvgIpc) is 2.96. The molecular formula is C14H13ClFN5. The second kappa shape index (κ2) is 5.70. The van der Waals surface area contributed by atoms with Crippen LogP contribution in [0.4, 0.5) is 10.1 Å². The normalized spacial score (nSPS) is 16.0. The van der Waals surface area contributed by atoms with Gasteiger partial charge in [-0.2, -0.15) is 5.26 Å². The van der Waals surface area contributed by atoms with Crippen LogP contribution >= 0.6 is 11.6 Å². The Labute approximate surface area is 126 Å². The van der Waals surface area contributed by atoms with Gasteiger partial charge < -0.3 is 4.90 Å². The molecule has 1 aromatic heterocycles. The van der Waals surface area contributed by atoms with Crippen molar-refractivity contribution in [2.45, 2.75) is 19.0 Å². The highest BCUT2D eigenvalue weighted by Crippen LogP contribution is 2.31. The zero-order chi connectivity index (χ0) is 14.8. The number of halogens is 2. The second-order valence-electron chi connectivity index (χ2n) is 5.01. The number of H-pyrrole nitrogens is 1. The summed E-state index contributed by atoms with van der Waals surface area (Å²) in [5, 5.41) is 19.7. The van der Waals surface area contributed by atoms with Gasteiger partial charge in [-0.25, -0.2) is 9.49 Å². The molecule has 2 heterocycles. The van der Waals surface area contributed by atoms with Crippen molar-refractivity contribution in [2.24, 2.45) is 0 Å². The lowest BCUT2D eigenvalue weighted by atomic mass is 10.1. The summed E-state index contributed by atoms with van der Waals surface area (Å²) < 4.78 is 13.2. The highest BCUT2D eigenvalue weighted by Gasteiger charge is 2.20. The summed E-state index contributed by atoms with van der Waals surface area (Å²) in [4.78, 5) is 2.09. The molecule has 0 atom stereocenters. The minimum Gasteiger partial charge on any atom is -0.371 e. The number of nitrogens with one attached hydrogen (secondary N) is 1. The fourth-order valence-electron chi connectivity index (χ4n) is 2.51. The number of hydrogen-bond acceptors (Lipinski definition) is 4. The van der Waals surface area contributed by atoms with Gasteiger partial charge in [-0.3, -0.25) is 0 Å². The predicted molar refractivity (Wildman–Crippen MR) is 77.9 cm³/mol. The number of aromatic nitrogens is 3. The number of alkyl halides is 1. The number of nitriles is 1. The number of anilines is 1. The average molecular weight is 306 g/mol. The lowest BCUT2D eigenvalue weighted by Gasteiger charge is -2.31. The van der Waals surface area contributed by atoms with Gasteiger partial charge >= 0.3 is 0 Å². The Morgan fingerprint density at radius 2 is 2.10 bits per heavy atom. The van der Waals surface area contributed by atoms with Gasteiger partial charge in [0.05, 0.1) is 0 Å². The zero-order valence-corrected chi connectivity index (χ0v) is 11.9. The Morgan fingerprint density at radius 3 is 2.81 bits per heavy atom. The van der Waals surface area contributed by atoms with Crippen molar-refractivity contribution < 1.29 is 4.39 Å². The maximum atomic E-state index is 13.2. The van der Waals surface area contributed by atoms with Gasteiger partial charge in [-0.1, -0.05) is 16.8 Å². The van der Waals surface area contributed by atoms with Crippen molar-refractivity contribution in [1.29, 1.82) is 5.26 Å². The molecule has 1 aromatic carbocycles. The van der Waals surface area contributed by atoms with E-state index in [1.54, 1.807) is 6.07 Å². The summed E-state index contributed by atoms with van der Waals surface area (Å²) in [6.07, 6.45) is 0.325. The lowest BCUT2D eigenvalue weighted by molar-refractivity contribution is 0.277. The van der Waals surface area contributed by atoms with Gasteiger partial charge in [0, 0.05) is 29.4 Å². The van der Waals surface area contributed by atoms with Crippen LogP contribution in [0.25, 0.3) is 11.3 Å². The number of benzene rings is 1. The van der Waals surface area contributed by atoms with Gasteiger partial charge in [0.1, 0.15) is 17.9 Å². The molecule has 5 nitrogen and oxygen atoms in total. The SMILES string of the molecule is N#Cc1[nH]nnc1-c1cc(Cl)cc(N2CCC(F)CC2)c1. The van der Waals surface area contributed by atoms with E-state index in [-0.39, 0.29) is 0 Å². The first-order chi connectivity index (χ1) is 10.2. The molecule has 0 spiro atoms. The molecule has 21 heavy (non-hydrogen) atoms. The summed E-state index contributed by atoms with van der Waals surface area (Å²) in [6, 6.07) is 7.50. The van der Waals surface area contributed by atoms with E-state index < -0.39 is 6.17 Å². The lowest BCUT2D eigenvalue weighted by Crippen LogP contribution is -2.34. The third kappa shape index (κ3) is 2.83. The Balaban J connectivity index is 1.95. The first-order valence-electron chi connectivity index (χ1n) is 6.68. The molecule has 1 aliphatic rings. The number of aromatic amines is 1.